The zero-order valence-corrected chi connectivity index (χ0v) is 14.1. The highest BCUT2D eigenvalue weighted by molar-refractivity contribution is 6.18. The standard InChI is InChI=1S/C18H26O5/c1-21-17(20)16-14(19)10-8-6-4-3-5-7-9-12-18(22-2)13-11-15(16)23-18/h11,13H,3-10,12H2,1-2H3/b16-15+/t18-/m1/s1. The number of fused-ring (bicyclic) bond motifs is 2. The highest BCUT2D eigenvalue weighted by Gasteiger charge is 2.37. The summed E-state index contributed by atoms with van der Waals surface area (Å²) < 4.78 is 16.2. The van der Waals surface area contributed by atoms with Crippen molar-refractivity contribution in [2.45, 2.75) is 63.6 Å². The molecule has 128 valence electrons. The Labute approximate surface area is 137 Å². The largest absolute Gasteiger partial charge is 0.465 e. The molecule has 0 saturated carbocycles. The average Bonchev–Trinajstić information content (AvgIpc) is 2.97. The van der Waals surface area contributed by atoms with Gasteiger partial charge in [-0.2, -0.15) is 0 Å². The third-order valence-corrected chi connectivity index (χ3v) is 4.46. The molecule has 23 heavy (non-hydrogen) atoms. The van der Waals surface area contributed by atoms with Crippen LogP contribution >= 0.6 is 0 Å². The van der Waals surface area contributed by atoms with Gasteiger partial charge in [-0.05, 0) is 25.0 Å². The summed E-state index contributed by atoms with van der Waals surface area (Å²) in [5, 5.41) is 0. The summed E-state index contributed by atoms with van der Waals surface area (Å²) in [5.41, 5.74) is -0.000246. The Balaban J connectivity index is 2.28. The van der Waals surface area contributed by atoms with Crippen molar-refractivity contribution in [1.29, 1.82) is 0 Å². The molecule has 2 rings (SSSR count). The van der Waals surface area contributed by atoms with Crippen molar-refractivity contribution in [1.82, 2.24) is 0 Å². The molecule has 0 unspecified atom stereocenters. The molecule has 0 N–H and O–H groups in total. The number of ether oxygens (including phenoxy) is 3. The van der Waals surface area contributed by atoms with Gasteiger partial charge in [0, 0.05) is 20.0 Å². The average molecular weight is 322 g/mol. The lowest BCUT2D eigenvalue weighted by Gasteiger charge is -2.26. The quantitative estimate of drug-likeness (QED) is 0.576. The Bertz CT molecular complexity index is 506. The van der Waals surface area contributed by atoms with Gasteiger partial charge >= 0.3 is 5.97 Å². The van der Waals surface area contributed by atoms with Crippen molar-refractivity contribution < 1.29 is 23.8 Å². The topological polar surface area (TPSA) is 61.8 Å². The first kappa shape index (κ1) is 17.7. The van der Waals surface area contributed by atoms with Gasteiger partial charge in [-0.3, -0.25) is 4.79 Å². The van der Waals surface area contributed by atoms with Gasteiger partial charge in [0.1, 0.15) is 11.3 Å². The monoisotopic (exact) mass is 322 g/mol. The van der Waals surface area contributed by atoms with Crippen LogP contribution in [0.2, 0.25) is 0 Å². The molecular weight excluding hydrogens is 296 g/mol. The Kier molecular flexibility index (Phi) is 6.39. The predicted octanol–water partition coefficient (Wildman–Crippen LogP) is 3.44. The van der Waals surface area contributed by atoms with E-state index in [9.17, 15) is 9.59 Å². The van der Waals surface area contributed by atoms with Crippen molar-refractivity contribution in [3.8, 4) is 0 Å². The molecular formula is C18H26O5. The van der Waals surface area contributed by atoms with E-state index in [1.54, 1.807) is 19.3 Å². The summed E-state index contributed by atoms with van der Waals surface area (Å²) in [6, 6.07) is 0. The summed E-state index contributed by atoms with van der Waals surface area (Å²) >= 11 is 0. The molecule has 0 spiro atoms. The number of carbonyl (C=O) groups excluding carboxylic acids is 2. The first-order valence-electron chi connectivity index (χ1n) is 8.41. The molecule has 5 nitrogen and oxygen atoms in total. The Morgan fingerprint density at radius 3 is 2.39 bits per heavy atom. The van der Waals surface area contributed by atoms with Gasteiger partial charge in [-0.25, -0.2) is 4.79 Å². The fourth-order valence-corrected chi connectivity index (χ4v) is 3.06. The van der Waals surface area contributed by atoms with Crippen LogP contribution in [0, 0.1) is 0 Å². The van der Waals surface area contributed by atoms with Crippen LogP contribution in [0.15, 0.2) is 23.5 Å². The van der Waals surface area contributed by atoms with E-state index in [1.807, 2.05) is 0 Å². The maximum absolute atomic E-state index is 12.5. The highest BCUT2D eigenvalue weighted by atomic mass is 16.7. The van der Waals surface area contributed by atoms with Crippen molar-refractivity contribution in [2.24, 2.45) is 0 Å². The van der Waals surface area contributed by atoms with Gasteiger partial charge in [0.25, 0.3) is 0 Å². The number of carbonyl (C=O) groups is 2. The molecule has 0 fully saturated rings. The van der Waals surface area contributed by atoms with Crippen LogP contribution in [-0.2, 0) is 23.8 Å². The zero-order chi connectivity index (χ0) is 16.7. The minimum atomic E-state index is -0.876. The highest BCUT2D eigenvalue weighted by Crippen LogP contribution is 2.34. The molecule has 0 aromatic rings. The SMILES string of the molecule is COC(=O)/C1=C2\C=C[C@@](OC)(CCCCCCCCCC1=O)O2. The lowest BCUT2D eigenvalue weighted by Crippen LogP contribution is -2.30. The van der Waals surface area contributed by atoms with E-state index in [4.69, 9.17) is 14.2 Å². The number of methoxy groups -OCH3 is 2. The predicted molar refractivity (Wildman–Crippen MR) is 85.6 cm³/mol. The summed E-state index contributed by atoms with van der Waals surface area (Å²) in [7, 11) is 2.85. The van der Waals surface area contributed by atoms with Gasteiger partial charge < -0.3 is 14.2 Å². The summed E-state index contributed by atoms with van der Waals surface area (Å²) in [6.07, 6.45) is 11.9. The lowest BCUT2D eigenvalue weighted by molar-refractivity contribution is -0.158. The first-order chi connectivity index (χ1) is 11.1. The summed E-state index contributed by atoms with van der Waals surface area (Å²) in [5.74, 6) is -1.48. The molecule has 1 atom stereocenters. The fourth-order valence-electron chi connectivity index (χ4n) is 3.06. The second-order valence-electron chi connectivity index (χ2n) is 6.08. The normalized spacial score (nSPS) is 29.7. The minimum absolute atomic E-state index is 0.000246. The van der Waals surface area contributed by atoms with Crippen molar-refractivity contribution in [3.05, 3.63) is 23.5 Å². The second kappa shape index (κ2) is 8.29. The first-order valence-corrected chi connectivity index (χ1v) is 8.41. The van der Waals surface area contributed by atoms with E-state index in [1.165, 1.54) is 20.0 Å². The number of hydrogen-bond acceptors (Lipinski definition) is 5. The van der Waals surface area contributed by atoms with E-state index in [2.05, 4.69) is 0 Å². The van der Waals surface area contributed by atoms with Crippen LogP contribution < -0.4 is 0 Å². The molecule has 2 heterocycles. The third kappa shape index (κ3) is 4.44. The number of rotatable bonds is 2. The van der Waals surface area contributed by atoms with Crippen LogP contribution in [0.3, 0.4) is 0 Å². The molecule has 0 saturated heterocycles. The zero-order valence-electron chi connectivity index (χ0n) is 14.1. The second-order valence-corrected chi connectivity index (χ2v) is 6.08. The molecule has 0 amide bonds. The van der Waals surface area contributed by atoms with E-state index in [0.717, 1.165) is 32.1 Å². The van der Waals surface area contributed by atoms with Crippen LogP contribution in [0.25, 0.3) is 0 Å². The molecule has 0 aliphatic carbocycles. The maximum Gasteiger partial charge on any atom is 0.345 e. The Morgan fingerprint density at radius 2 is 1.74 bits per heavy atom. The number of Topliss-reactive ketones (excluding diaryl/α,β-unsaturated/α-hetero) is 1. The van der Waals surface area contributed by atoms with Crippen LogP contribution in [-0.4, -0.2) is 31.8 Å². The maximum atomic E-state index is 12.5. The van der Waals surface area contributed by atoms with E-state index in [-0.39, 0.29) is 17.1 Å². The molecule has 0 aromatic carbocycles. The van der Waals surface area contributed by atoms with Crippen molar-refractivity contribution >= 4 is 11.8 Å². The lowest BCUT2D eigenvalue weighted by atomic mass is 10.0. The van der Waals surface area contributed by atoms with E-state index < -0.39 is 11.8 Å². The number of ketones is 1. The number of esters is 1. The van der Waals surface area contributed by atoms with Gasteiger partial charge in [0.2, 0.25) is 5.79 Å². The number of allylic oxidation sites excluding steroid dienone is 1. The molecule has 0 radical (unpaired) electrons. The fraction of sp³-hybridized carbons (Fsp3) is 0.667. The van der Waals surface area contributed by atoms with E-state index >= 15 is 0 Å². The summed E-state index contributed by atoms with van der Waals surface area (Å²) in [4.78, 5) is 24.5. The smallest absolute Gasteiger partial charge is 0.345 e. The minimum Gasteiger partial charge on any atom is -0.465 e. The molecule has 0 aromatic heterocycles. The summed E-state index contributed by atoms with van der Waals surface area (Å²) in [6.45, 7) is 0. The molecule has 5 heteroatoms. The number of hydrogen-bond donors (Lipinski definition) is 0. The van der Waals surface area contributed by atoms with Crippen LogP contribution in [0.1, 0.15) is 57.8 Å². The molecule has 2 aliphatic rings. The van der Waals surface area contributed by atoms with Crippen LogP contribution in [0.5, 0.6) is 0 Å². The van der Waals surface area contributed by atoms with Gasteiger partial charge in [0.05, 0.1) is 7.11 Å². The van der Waals surface area contributed by atoms with Gasteiger partial charge in [-0.15, -0.1) is 0 Å². The van der Waals surface area contributed by atoms with Crippen molar-refractivity contribution in [3.63, 3.8) is 0 Å². The van der Waals surface area contributed by atoms with Gasteiger partial charge in [-0.1, -0.05) is 32.1 Å². The Hall–Kier alpha value is -1.62. The Morgan fingerprint density at radius 1 is 1.09 bits per heavy atom. The molecule has 2 bridgehead atoms. The third-order valence-electron chi connectivity index (χ3n) is 4.46. The van der Waals surface area contributed by atoms with Gasteiger partial charge in [0.15, 0.2) is 5.78 Å². The van der Waals surface area contributed by atoms with E-state index in [0.29, 0.717) is 12.8 Å². The van der Waals surface area contributed by atoms with Crippen LogP contribution in [0.4, 0.5) is 0 Å². The van der Waals surface area contributed by atoms with Crippen molar-refractivity contribution in [2.75, 3.05) is 14.2 Å². The molecule has 2 aliphatic heterocycles.